The molecule has 4 heteroatoms. The van der Waals surface area contributed by atoms with Crippen LogP contribution in [0.15, 0.2) is 0 Å². The standard InChI is InChI=1S/C10H20N2O2/c1-7(11)10(14)12(2)8-5-3-4-6-9(8)13/h7-9,13H,3-6,11H2,1-2H3. The van der Waals surface area contributed by atoms with Crippen LogP contribution >= 0.6 is 0 Å². The molecular weight excluding hydrogens is 180 g/mol. The minimum absolute atomic E-state index is 0.0396. The lowest BCUT2D eigenvalue weighted by molar-refractivity contribution is -0.136. The predicted octanol–water partition coefficient (Wildman–Crippen LogP) is 0.0955. The predicted molar refractivity (Wildman–Crippen MR) is 54.7 cm³/mol. The van der Waals surface area contributed by atoms with E-state index in [0.29, 0.717) is 0 Å². The van der Waals surface area contributed by atoms with E-state index in [4.69, 9.17) is 5.73 Å². The summed E-state index contributed by atoms with van der Waals surface area (Å²) in [6, 6.07) is -0.517. The zero-order valence-electron chi connectivity index (χ0n) is 8.94. The molecule has 1 aliphatic rings. The van der Waals surface area contributed by atoms with Gasteiger partial charge < -0.3 is 15.7 Å². The van der Waals surface area contributed by atoms with Gasteiger partial charge in [-0.2, -0.15) is 0 Å². The van der Waals surface area contributed by atoms with Gasteiger partial charge in [-0.3, -0.25) is 4.79 Å². The maximum absolute atomic E-state index is 11.6. The van der Waals surface area contributed by atoms with E-state index in [1.807, 2.05) is 0 Å². The van der Waals surface area contributed by atoms with Crippen molar-refractivity contribution in [3.8, 4) is 0 Å². The molecule has 3 N–H and O–H groups in total. The van der Waals surface area contributed by atoms with Gasteiger partial charge in [0.15, 0.2) is 0 Å². The first kappa shape index (κ1) is 11.5. The van der Waals surface area contributed by atoms with Gasteiger partial charge in [0, 0.05) is 7.05 Å². The monoisotopic (exact) mass is 200 g/mol. The first-order chi connectivity index (χ1) is 6.54. The van der Waals surface area contributed by atoms with Crippen LogP contribution in [-0.4, -0.2) is 41.1 Å². The molecule has 1 amide bonds. The van der Waals surface area contributed by atoms with Crippen molar-refractivity contribution in [3.05, 3.63) is 0 Å². The molecule has 1 rings (SSSR count). The van der Waals surface area contributed by atoms with Crippen molar-refractivity contribution >= 4 is 5.91 Å². The molecule has 0 bridgehead atoms. The number of rotatable bonds is 2. The van der Waals surface area contributed by atoms with E-state index in [0.717, 1.165) is 25.7 Å². The lowest BCUT2D eigenvalue weighted by Crippen LogP contribution is -2.50. The van der Waals surface area contributed by atoms with Crippen LogP contribution in [0.25, 0.3) is 0 Å². The lowest BCUT2D eigenvalue weighted by Gasteiger charge is -2.35. The molecule has 82 valence electrons. The average Bonchev–Trinajstić information content (AvgIpc) is 2.16. The molecule has 0 aromatic rings. The van der Waals surface area contributed by atoms with Gasteiger partial charge in [-0.05, 0) is 19.8 Å². The van der Waals surface area contributed by atoms with Crippen LogP contribution in [0.4, 0.5) is 0 Å². The van der Waals surface area contributed by atoms with Gasteiger partial charge in [0.1, 0.15) is 0 Å². The number of nitrogens with zero attached hydrogens (tertiary/aromatic N) is 1. The number of aliphatic hydroxyl groups is 1. The highest BCUT2D eigenvalue weighted by atomic mass is 16.3. The van der Waals surface area contributed by atoms with Crippen molar-refractivity contribution in [1.29, 1.82) is 0 Å². The Hall–Kier alpha value is -0.610. The number of hydrogen-bond acceptors (Lipinski definition) is 3. The minimum atomic E-state index is -0.478. The Morgan fingerprint density at radius 2 is 2.07 bits per heavy atom. The topological polar surface area (TPSA) is 66.6 Å². The molecule has 0 radical (unpaired) electrons. The SMILES string of the molecule is CC(N)C(=O)N(C)C1CCCCC1O. The number of likely N-dealkylation sites (N-methyl/N-ethyl adjacent to an activating group) is 1. The summed E-state index contributed by atoms with van der Waals surface area (Å²) in [5.74, 6) is -0.0871. The van der Waals surface area contributed by atoms with Crippen LogP contribution in [0.3, 0.4) is 0 Å². The maximum atomic E-state index is 11.6. The largest absolute Gasteiger partial charge is 0.391 e. The maximum Gasteiger partial charge on any atom is 0.239 e. The average molecular weight is 200 g/mol. The third-order valence-electron chi connectivity index (χ3n) is 2.93. The van der Waals surface area contributed by atoms with Crippen molar-refractivity contribution in [2.75, 3.05) is 7.05 Å². The second kappa shape index (κ2) is 4.75. The smallest absolute Gasteiger partial charge is 0.239 e. The van der Waals surface area contributed by atoms with Gasteiger partial charge in [-0.15, -0.1) is 0 Å². The van der Waals surface area contributed by atoms with Gasteiger partial charge in [-0.1, -0.05) is 12.8 Å². The Bertz CT molecular complexity index is 206. The van der Waals surface area contributed by atoms with Crippen molar-refractivity contribution in [2.45, 2.75) is 50.8 Å². The van der Waals surface area contributed by atoms with Gasteiger partial charge in [0.05, 0.1) is 18.2 Å². The van der Waals surface area contributed by atoms with E-state index in [9.17, 15) is 9.90 Å². The third kappa shape index (κ3) is 2.45. The lowest BCUT2D eigenvalue weighted by atomic mass is 9.91. The fourth-order valence-electron chi connectivity index (χ4n) is 2.03. The molecule has 1 saturated carbocycles. The number of amides is 1. The fourth-order valence-corrected chi connectivity index (χ4v) is 2.03. The second-order valence-corrected chi connectivity index (χ2v) is 4.16. The number of carbonyl (C=O) groups is 1. The summed E-state index contributed by atoms with van der Waals surface area (Å²) < 4.78 is 0. The van der Waals surface area contributed by atoms with Crippen molar-refractivity contribution in [2.24, 2.45) is 5.73 Å². The van der Waals surface area contributed by atoms with Gasteiger partial charge in [0.2, 0.25) is 5.91 Å². The number of nitrogens with two attached hydrogens (primary N) is 1. The summed E-state index contributed by atoms with van der Waals surface area (Å²) in [4.78, 5) is 13.2. The van der Waals surface area contributed by atoms with Gasteiger partial charge in [-0.25, -0.2) is 0 Å². The quantitative estimate of drug-likeness (QED) is 0.664. The third-order valence-corrected chi connectivity index (χ3v) is 2.93. The molecule has 14 heavy (non-hydrogen) atoms. The zero-order chi connectivity index (χ0) is 10.7. The Balaban J connectivity index is 2.57. The summed E-state index contributed by atoms with van der Waals surface area (Å²) >= 11 is 0. The number of aliphatic hydroxyl groups excluding tert-OH is 1. The fraction of sp³-hybridized carbons (Fsp3) is 0.900. The summed E-state index contributed by atoms with van der Waals surface area (Å²) in [7, 11) is 1.73. The van der Waals surface area contributed by atoms with E-state index in [2.05, 4.69) is 0 Å². The Morgan fingerprint density at radius 3 is 2.57 bits per heavy atom. The summed E-state index contributed by atoms with van der Waals surface area (Å²) in [6.45, 7) is 1.67. The molecular formula is C10H20N2O2. The van der Waals surface area contributed by atoms with Crippen molar-refractivity contribution in [1.82, 2.24) is 4.90 Å². The summed E-state index contributed by atoms with van der Waals surface area (Å²) in [5.41, 5.74) is 5.52. The molecule has 3 atom stereocenters. The molecule has 3 unspecified atom stereocenters. The molecule has 4 nitrogen and oxygen atoms in total. The Morgan fingerprint density at radius 1 is 1.50 bits per heavy atom. The minimum Gasteiger partial charge on any atom is -0.391 e. The Labute approximate surface area is 85.1 Å². The molecule has 1 fully saturated rings. The van der Waals surface area contributed by atoms with E-state index in [1.54, 1.807) is 18.9 Å². The number of carbonyl (C=O) groups excluding carboxylic acids is 1. The highest BCUT2D eigenvalue weighted by Gasteiger charge is 2.30. The highest BCUT2D eigenvalue weighted by molar-refractivity contribution is 5.81. The van der Waals surface area contributed by atoms with Gasteiger partial charge in [0.25, 0.3) is 0 Å². The van der Waals surface area contributed by atoms with Crippen LogP contribution in [0.1, 0.15) is 32.6 Å². The van der Waals surface area contributed by atoms with E-state index < -0.39 is 6.04 Å². The van der Waals surface area contributed by atoms with Crippen LogP contribution in [0.5, 0.6) is 0 Å². The summed E-state index contributed by atoms with van der Waals surface area (Å²) in [5, 5.41) is 9.74. The molecule has 0 spiro atoms. The normalized spacial score (nSPS) is 29.7. The molecule has 0 aromatic carbocycles. The van der Waals surface area contributed by atoms with E-state index >= 15 is 0 Å². The van der Waals surface area contributed by atoms with Crippen LogP contribution < -0.4 is 5.73 Å². The van der Waals surface area contributed by atoms with Crippen molar-refractivity contribution < 1.29 is 9.90 Å². The van der Waals surface area contributed by atoms with Gasteiger partial charge >= 0.3 is 0 Å². The van der Waals surface area contributed by atoms with Crippen LogP contribution in [-0.2, 0) is 4.79 Å². The first-order valence-corrected chi connectivity index (χ1v) is 5.24. The van der Waals surface area contributed by atoms with Crippen LogP contribution in [0, 0.1) is 0 Å². The molecule has 1 aliphatic carbocycles. The zero-order valence-corrected chi connectivity index (χ0v) is 8.94. The number of hydrogen-bond donors (Lipinski definition) is 2. The molecule has 0 aromatic heterocycles. The second-order valence-electron chi connectivity index (χ2n) is 4.16. The van der Waals surface area contributed by atoms with Crippen molar-refractivity contribution in [3.63, 3.8) is 0 Å². The molecule has 0 saturated heterocycles. The first-order valence-electron chi connectivity index (χ1n) is 5.24. The van der Waals surface area contributed by atoms with E-state index in [1.165, 1.54) is 0 Å². The molecule has 0 heterocycles. The van der Waals surface area contributed by atoms with Crippen LogP contribution in [0.2, 0.25) is 0 Å². The Kier molecular flexibility index (Phi) is 3.89. The molecule has 0 aliphatic heterocycles. The highest BCUT2D eigenvalue weighted by Crippen LogP contribution is 2.22. The van der Waals surface area contributed by atoms with E-state index in [-0.39, 0.29) is 18.1 Å². The summed E-state index contributed by atoms with van der Waals surface area (Å²) in [6.07, 6.45) is 3.43.